The highest BCUT2D eigenvalue weighted by atomic mass is 16.1. The molecular weight excluding hydrogens is 274 g/mol. The Hall–Kier alpha value is -0.610. The van der Waals surface area contributed by atoms with Crippen LogP contribution in [0.2, 0.25) is 0 Å². The van der Waals surface area contributed by atoms with Crippen LogP contribution in [-0.4, -0.2) is 48.6 Å². The van der Waals surface area contributed by atoms with Crippen LogP contribution in [0, 0.1) is 5.41 Å². The van der Waals surface area contributed by atoms with Crippen molar-refractivity contribution in [1.82, 2.24) is 15.5 Å². The molecule has 4 nitrogen and oxygen atoms in total. The van der Waals surface area contributed by atoms with Crippen LogP contribution in [-0.2, 0) is 4.79 Å². The number of unbranched alkanes of at least 4 members (excludes halogenated alkanes) is 1. The number of nitrogens with zero attached hydrogens (tertiary/aromatic N) is 1. The summed E-state index contributed by atoms with van der Waals surface area (Å²) in [6, 6.07) is 0.367. The van der Waals surface area contributed by atoms with E-state index in [0.29, 0.717) is 17.9 Å². The molecule has 0 aromatic carbocycles. The fraction of sp³-hybridized carbons (Fsp3) is 0.944. The third kappa shape index (κ3) is 8.14. The molecule has 130 valence electrons. The Labute approximate surface area is 137 Å². The number of amides is 1. The summed E-state index contributed by atoms with van der Waals surface area (Å²) >= 11 is 0. The SMILES string of the molecule is CC(C)(C)CCCCC(=O)NCC1CN(C(C)(C)C)CCN1. The van der Waals surface area contributed by atoms with E-state index in [9.17, 15) is 4.79 Å². The fourth-order valence-electron chi connectivity index (χ4n) is 2.84. The normalized spacial score (nSPS) is 20.9. The van der Waals surface area contributed by atoms with Crippen molar-refractivity contribution in [3.63, 3.8) is 0 Å². The molecule has 4 heteroatoms. The predicted molar refractivity (Wildman–Crippen MR) is 94.0 cm³/mol. The zero-order valence-corrected chi connectivity index (χ0v) is 15.6. The van der Waals surface area contributed by atoms with Crippen molar-refractivity contribution < 1.29 is 4.79 Å². The predicted octanol–water partition coefficient (Wildman–Crippen LogP) is 2.78. The second kappa shape index (κ2) is 8.30. The van der Waals surface area contributed by atoms with E-state index in [1.807, 2.05) is 0 Å². The average molecular weight is 312 g/mol. The lowest BCUT2D eigenvalue weighted by Gasteiger charge is -2.42. The van der Waals surface area contributed by atoms with E-state index < -0.39 is 0 Å². The van der Waals surface area contributed by atoms with Crippen LogP contribution in [0.3, 0.4) is 0 Å². The molecule has 2 N–H and O–H groups in total. The highest BCUT2D eigenvalue weighted by Gasteiger charge is 2.27. The van der Waals surface area contributed by atoms with E-state index >= 15 is 0 Å². The summed E-state index contributed by atoms with van der Waals surface area (Å²) in [5.41, 5.74) is 0.580. The third-order valence-corrected chi connectivity index (χ3v) is 4.33. The Kier molecular flexibility index (Phi) is 7.33. The summed E-state index contributed by atoms with van der Waals surface area (Å²) < 4.78 is 0. The molecule has 1 saturated heterocycles. The summed E-state index contributed by atoms with van der Waals surface area (Å²) in [6.45, 7) is 17.4. The number of carbonyl (C=O) groups excluding carboxylic acids is 1. The van der Waals surface area contributed by atoms with Crippen molar-refractivity contribution in [2.45, 2.75) is 78.8 Å². The summed E-state index contributed by atoms with van der Waals surface area (Å²) in [4.78, 5) is 14.4. The molecule has 0 aromatic heterocycles. The molecule has 0 aromatic rings. The van der Waals surface area contributed by atoms with Gasteiger partial charge in [0.2, 0.25) is 5.91 Å². The van der Waals surface area contributed by atoms with E-state index in [-0.39, 0.29) is 11.4 Å². The highest BCUT2D eigenvalue weighted by Crippen LogP contribution is 2.21. The van der Waals surface area contributed by atoms with Crippen molar-refractivity contribution in [2.24, 2.45) is 5.41 Å². The minimum absolute atomic E-state index is 0.198. The molecule has 0 aliphatic carbocycles. The smallest absolute Gasteiger partial charge is 0.220 e. The van der Waals surface area contributed by atoms with Crippen LogP contribution in [0.4, 0.5) is 0 Å². The summed E-state index contributed by atoms with van der Waals surface area (Å²) in [7, 11) is 0. The lowest BCUT2D eigenvalue weighted by molar-refractivity contribution is -0.121. The van der Waals surface area contributed by atoms with Crippen molar-refractivity contribution in [2.75, 3.05) is 26.2 Å². The molecule has 1 amide bonds. The van der Waals surface area contributed by atoms with Gasteiger partial charge in [0.15, 0.2) is 0 Å². The van der Waals surface area contributed by atoms with Gasteiger partial charge in [0.25, 0.3) is 0 Å². The van der Waals surface area contributed by atoms with Gasteiger partial charge in [0, 0.05) is 44.2 Å². The van der Waals surface area contributed by atoms with Gasteiger partial charge in [-0.1, -0.05) is 27.2 Å². The molecule has 1 fully saturated rings. The third-order valence-electron chi connectivity index (χ3n) is 4.33. The average Bonchev–Trinajstić information content (AvgIpc) is 2.40. The van der Waals surface area contributed by atoms with Crippen LogP contribution in [0.1, 0.15) is 67.2 Å². The Balaban J connectivity index is 2.18. The maximum atomic E-state index is 11.9. The molecule has 1 atom stereocenters. The van der Waals surface area contributed by atoms with Gasteiger partial charge in [0.1, 0.15) is 0 Å². The van der Waals surface area contributed by atoms with E-state index in [2.05, 4.69) is 57.1 Å². The van der Waals surface area contributed by atoms with Crippen molar-refractivity contribution in [3.05, 3.63) is 0 Å². The van der Waals surface area contributed by atoms with Gasteiger partial charge in [-0.25, -0.2) is 0 Å². The first kappa shape index (κ1) is 19.4. The lowest BCUT2D eigenvalue weighted by atomic mass is 9.89. The first-order valence-corrected chi connectivity index (χ1v) is 8.83. The number of rotatable bonds is 6. The minimum atomic E-state index is 0.198. The van der Waals surface area contributed by atoms with Gasteiger partial charge < -0.3 is 10.6 Å². The summed E-state index contributed by atoms with van der Waals surface area (Å²) in [5.74, 6) is 0.198. The van der Waals surface area contributed by atoms with E-state index in [1.54, 1.807) is 0 Å². The standard InChI is InChI=1S/C18H37N3O/c1-17(2,3)10-8-7-9-16(22)20-13-15-14-21(12-11-19-15)18(4,5)6/h15,19H,7-14H2,1-6H3,(H,20,22). The summed E-state index contributed by atoms with van der Waals surface area (Å²) in [6.07, 6.45) is 3.97. The monoisotopic (exact) mass is 311 g/mol. The first-order valence-electron chi connectivity index (χ1n) is 8.83. The first-order chi connectivity index (χ1) is 10.1. The lowest BCUT2D eigenvalue weighted by Crippen LogP contribution is -2.59. The number of nitrogens with one attached hydrogen (secondary N) is 2. The second-order valence-corrected chi connectivity index (χ2v) is 8.84. The molecule has 1 aliphatic heterocycles. The molecular formula is C18H37N3O. The van der Waals surface area contributed by atoms with E-state index in [1.165, 1.54) is 6.42 Å². The highest BCUT2D eigenvalue weighted by molar-refractivity contribution is 5.75. The molecule has 0 saturated carbocycles. The largest absolute Gasteiger partial charge is 0.354 e. The van der Waals surface area contributed by atoms with Crippen molar-refractivity contribution >= 4 is 5.91 Å². The molecule has 1 rings (SSSR count). The van der Waals surface area contributed by atoms with E-state index in [0.717, 1.165) is 39.0 Å². The number of piperazine rings is 1. The van der Waals surface area contributed by atoms with Gasteiger partial charge in [-0.15, -0.1) is 0 Å². The van der Waals surface area contributed by atoms with Gasteiger partial charge in [0.05, 0.1) is 0 Å². The van der Waals surface area contributed by atoms with Crippen LogP contribution >= 0.6 is 0 Å². The Morgan fingerprint density at radius 3 is 2.45 bits per heavy atom. The summed E-state index contributed by atoms with van der Waals surface area (Å²) in [5, 5.41) is 6.60. The number of carbonyl (C=O) groups is 1. The van der Waals surface area contributed by atoms with Gasteiger partial charge >= 0.3 is 0 Å². The van der Waals surface area contributed by atoms with Crippen LogP contribution in [0.25, 0.3) is 0 Å². The molecule has 0 radical (unpaired) electrons. The molecule has 22 heavy (non-hydrogen) atoms. The fourth-order valence-corrected chi connectivity index (χ4v) is 2.84. The second-order valence-electron chi connectivity index (χ2n) is 8.84. The molecule has 1 unspecified atom stereocenters. The molecule has 0 spiro atoms. The topological polar surface area (TPSA) is 44.4 Å². The van der Waals surface area contributed by atoms with Gasteiger partial charge in [-0.2, -0.15) is 0 Å². The van der Waals surface area contributed by atoms with Gasteiger partial charge in [-0.3, -0.25) is 9.69 Å². The van der Waals surface area contributed by atoms with Crippen LogP contribution in [0.5, 0.6) is 0 Å². The molecule has 0 bridgehead atoms. The van der Waals surface area contributed by atoms with Crippen LogP contribution < -0.4 is 10.6 Å². The maximum Gasteiger partial charge on any atom is 0.220 e. The Bertz CT molecular complexity index is 341. The van der Waals surface area contributed by atoms with Gasteiger partial charge in [-0.05, 0) is 39.0 Å². The zero-order chi connectivity index (χ0) is 16.8. The maximum absolute atomic E-state index is 11.9. The molecule has 1 aliphatic rings. The quantitative estimate of drug-likeness (QED) is 0.741. The van der Waals surface area contributed by atoms with E-state index in [4.69, 9.17) is 0 Å². The Morgan fingerprint density at radius 1 is 1.18 bits per heavy atom. The number of hydrogen-bond donors (Lipinski definition) is 2. The van der Waals surface area contributed by atoms with Crippen LogP contribution in [0.15, 0.2) is 0 Å². The van der Waals surface area contributed by atoms with Crippen molar-refractivity contribution in [3.8, 4) is 0 Å². The zero-order valence-electron chi connectivity index (χ0n) is 15.6. The number of hydrogen-bond acceptors (Lipinski definition) is 3. The minimum Gasteiger partial charge on any atom is -0.354 e. The molecule has 1 heterocycles. The Morgan fingerprint density at radius 2 is 1.86 bits per heavy atom. The van der Waals surface area contributed by atoms with Crippen molar-refractivity contribution in [1.29, 1.82) is 0 Å².